The van der Waals surface area contributed by atoms with Crippen molar-refractivity contribution in [2.24, 2.45) is 16.8 Å². The van der Waals surface area contributed by atoms with Gasteiger partial charge in [-0.05, 0) is 31.9 Å². The van der Waals surface area contributed by atoms with E-state index in [0.717, 1.165) is 41.9 Å². The summed E-state index contributed by atoms with van der Waals surface area (Å²) in [5.41, 5.74) is 5.73. The average molecular weight is 368 g/mol. The van der Waals surface area contributed by atoms with Gasteiger partial charge in [0.15, 0.2) is 0 Å². The van der Waals surface area contributed by atoms with E-state index in [1.165, 1.54) is 6.07 Å². The standard InChI is InChI=1S/C13H21N3O3S2.ClH/c1-13(14)7-3-2-4-10(13)12(17)16-8-9-5-6-11(20-9)21(15,18)19;/h5-6,10H,2-4,7-8,14H2,1H3,(H,16,17)(H2,15,18,19);1H. The number of amides is 1. The minimum Gasteiger partial charge on any atom is -0.351 e. The van der Waals surface area contributed by atoms with Crippen LogP contribution in [-0.4, -0.2) is 19.9 Å². The van der Waals surface area contributed by atoms with Crippen LogP contribution >= 0.6 is 23.7 Å². The van der Waals surface area contributed by atoms with Crippen LogP contribution in [0.5, 0.6) is 0 Å². The van der Waals surface area contributed by atoms with Gasteiger partial charge in [0.1, 0.15) is 4.21 Å². The van der Waals surface area contributed by atoms with Gasteiger partial charge in [-0.3, -0.25) is 4.79 Å². The van der Waals surface area contributed by atoms with Crippen LogP contribution in [0, 0.1) is 5.92 Å². The van der Waals surface area contributed by atoms with Crippen molar-refractivity contribution in [3.8, 4) is 0 Å². The summed E-state index contributed by atoms with van der Waals surface area (Å²) in [4.78, 5) is 13.0. The number of nitrogens with two attached hydrogens (primary N) is 2. The van der Waals surface area contributed by atoms with Crippen LogP contribution in [0.15, 0.2) is 16.3 Å². The number of carbonyl (C=O) groups is 1. The highest BCUT2D eigenvalue weighted by molar-refractivity contribution is 7.91. The van der Waals surface area contributed by atoms with Gasteiger partial charge in [-0.2, -0.15) is 0 Å². The van der Waals surface area contributed by atoms with Gasteiger partial charge >= 0.3 is 0 Å². The topological polar surface area (TPSA) is 115 Å². The normalized spacial score (nSPS) is 25.3. The molecule has 0 radical (unpaired) electrons. The summed E-state index contributed by atoms with van der Waals surface area (Å²) in [5, 5.41) is 7.90. The second-order valence-electron chi connectivity index (χ2n) is 5.79. The van der Waals surface area contributed by atoms with Crippen LogP contribution in [0.25, 0.3) is 0 Å². The average Bonchev–Trinajstić information content (AvgIpc) is 2.84. The van der Waals surface area contributed by atoms with Gasteiger partial charge in [-0.15, -0.1) is 23.7 Å². The Hall–Kier alpha value is -0.670. The largest absolute Gasteiger partial charge is 0.351 e. The number of carbonyl (C=O) groups excluding carboxylic acids is 1. The van der Waals surface area contributed by atoms with E-state index >= 15 is 0 Å². The van der Waals surface area contributed by atoms with Crippen LogP contribution in [0.1, 0.15) is 37.5 Å². The van der Waals surface area contributed by atoms with E-state index in [9.17, 15) is 13.2 Å². The highest BCUT2D eigenvalue weighted by Crippen LogP contribution is 2.31. The predicted octanol–water partition coefficient (Wildman–Crippen LogP) is 1.34. The molecule has 0 aliphatic heterocycles. The molecule has 1 amide bonds. The third-order valence-corrected chi connectivity index (χ3v) is 6.45. The summed E-state index contributed by atoms with van der Waals surface area (Å²) < 4.78 is 22.5. The molecular formula is C13H22ClN3O3S2. The second kappa shape index (κ2) is 7.27. The van der Waals surface area contributed by atoms with Crippen LogP contribution in [0.2, 0.25) is 0 Å². The van der Waals surface area contributed by atoms with Gasteiger partial charge in [-0.1, -0.05) is 12.8 Å². The minimum absolute atomic E-state index is 0. The molecule has 1 aliphatic carbocycles. The monoisotopic (exact) mass is 367 g/mol. The third-order valence-electron chi connectivity index (χ3n) is 3.93. The summed E-state index contributed by atoms with van der Waals surface area (Å²) in [5.74, 6) is -0.255. The quantitative estimate of drug-likeness (QED) is 0.744. The zero-order valence-corrected chi connectivity index (χ0v) is 14.8. The van der Waals surface area contributed by atoms with Crippen LogP contribution in [0.3, 0.4) is 0 Å². The Morgan fingerprint density at radius 3 is 2.68 bits per heavy atom. The molecule has 1 saturated carbocycles. The van der Waals surface area contributed by atoms with Gasteiger partial charge < -0.3 is 11.1 Å². The Bertz CT molecular complexity index is 628. The van der Waals surface area contributed by atoms with E-state index in [0.29, 0.717) is 6.54 Å². The van der Waals surface area contributed by atoms with Gasteiger partial charge in [0, 0.05) is 10.4 Å². The molecule has 0 bridgehead atoms. The fourth-order valence-electron chi connectivity index (χ4n) is 2.69. The van der Waals surface area contributed by atoms with Gasteiger partial charge in [0.05, 0.1) is 12.5 Å². The number of rotatable bonds is 4. The third kappa shape index (κ3) is 4.66. The Kier molecular flexibility index (Phi) is 6.40. The number of primary sulfonamides is 1. The molecule has 0 aromatic carbocycles. The minimum atomic E-state index is -3.67. The van der Waals surface area contributed by atoms with Crippen molar-refractivity contribution in [3.05, 3.63) is 17.0 Å². The fraction of sp³-hybridized carbons (Fsp3) is 0.615. The number of hydrogen-bond donors (Lipinski definition) is 3. The van der Waals surface area contributed by atoms with Crippen LogP contribution in [0.4, 0.5) is 0 Å². The first kappa shape index (κ1) is 19.4. The maximum Gasteiger partial charge on any atom is 0.247 e. The molecule has 2 rings (SSSR count). The zero-order chi connectivity index (χ0) is 15.7. The molecule has 1 fully saturated rings. The fourth-order valence-corrected chi connectivity index (χ4v) is 4.41. The maximum absolute atomic E-state index is 12.3. The Labute approximate surface area is 141 Å². The van der Waals surface area contributed by atoms with Crippen molar-refractivity contribution in [3.63, 3.8) is 0 Å². The highest BCUT2D eigenvalue weighted by atomic mass is 35.5. The van der Waals surface area contributed by atoms with Crippen molar-refractivity contribution in [1.82, 2.24) is 5.32 Å². The molecule has 1 heterocycles. The van der Waals surface area contributed by atoms with E-state index in [4.69, 9.17) is 10.9 Å². The highest BCUT2D eigenvalue weighted by Gasteiger charge is 2.37. The molecule has 1 aromatic heterocycles. The van der Waals surface area contributed by atoms with Gasteiger partial charge in [-0.25, -0.2) is 13.6 Å². The van der Waals surface area contributed by atoms with Crippen molar-refractivity contribution in [2.45, 2.75) is 48.9 Å². The van der Waals surface area contributed by atoms with E-state index in [1.54, 1.807) is 6.07 Å². The van der Waals surface area contributed by atoms with E-state index < -0.39 is 15.6 Å². The zero-order valence-electron chi connectivity index (χ0n) is 12.4. The molecule has 1 aromatic rings. The lowest BCUT2D eigenvalue weighted by Gasteiger charge is -2.37. The molecule has 22 heavy (non-hydrogen) atoms. The first-order chi connectivity index (χ1) is 9.70. The SMILES string of the molecule is CC1(N)CCCCC1C(=O)NCc1ccc(S(N)(=O)=O)s1.Cl. The smallest absolute Gasteiger partial charge is 0.247 e. The van der Waals surface area contributed by atoms with Gasteiger partial charge in [0.25, 0.3) is 0 Å². The first-order valence-electron chi connectivity index (χ1n) is 6.88. The van der Waals surface area contributed by atoms with Crippen molar-refractivity contribution in [2.75, 3.05) is 0 Å². The molecule has 0 saturated heterocycles. The summed E-state index contributed by atoms with van der Waals surface area (Å²) in [7, 11) is -3.67. The second-order valence-corrected chi connectivity index (χ2v) is 8.74. The summed E-state index contributed by atoms with van der Waals surface area (Å²) in [6.45, 7) is 2.21. The summed E-state index contributed by atoms with van der Waals surface area (Å²) in [6.07, 6.45) is 3.71. The summed E-state index contributed by atoms with van der Waals surface area (Å²) >= 11 is 1.07. The van der Waals surface area contributed by atoms with Crippen LogP contribution < -0.4 is 16.2 Å². The number of halogens is 1. The van der Waals surface area contributed by atoms with E-state index in [2.05, 4.69) is 5.32 Å². The molecule has 6 nitrogen and oxygen atoms in total. The Balaban J connectivity index is 0.00000242. The molecule has 1 aliphatic rings. The number of hydrogen-bond acceptors (Lipinski definition) is 5. The predicted molar refractivity (Wildman–Crippen MR) is 89.3 cm³/mol. The van der Waals surface area contributed by atoms with Crippen LogP contribution in [-0.2, 0) is 21.4 Å². The van der Waals surface area contributed by atoms with Crippen molar-refractivity contribution < 1.29 is 13.2 Å². The van der Waals surface area contributed by atoms with Crippen molar-refractivity contribution >= 4 is 39.7 Å². The number of nitrogens with one attached hydrogen (secondary N) is 1. The van der Waals surface area contributed by atoms with E-state index in [1.807, 2.05) is 6.92 Å². The molecule has 126 valence electrons. The lowest BCUT2D eigenvalue weighted by atomic mass is 9.74. The maximum atomic E-state index is 12.3. The van der Waals surface area contributed by atoms with Crippen molar-refractivity contribution in [1.29, 1.82) is 0 Å². The number of thiophene rings is 1. The molecule has 2 atom stereocenters. The lowest BCUT2D eigenvalue weighted by molar-refractivity contribution is -0.128. The summed E-state index contributed by atoms with van der Waals surface area (Å²) in [6, 6.07) is 3.11. The molecule has 5 N–H and O–H groups in total. The molecule has 9 heteroatoms. The molecule has 0 spiro atoms. The Morgan fingerprint density at radius 1 is 1.45 bits per heavy atom. The lowest BCUT2D eigenvalue weighted by Crippen LogP contribution is -2.52. The van der Waals surface area contributed by atoms with E-state index in [-0.39, 0.29) is 28.4 Å². The Morgan fingerprint density at radius 2 is 2.14 bits per heavy atom. The molecule has 2 unspecified atom stereocenters. The van der Waals surface area contributed by atoms with Gasteiger partial charge in [0.2, 0.25) is 15.9 Å². The first-order valence-corrected chi connectivity index (χ1v) is 9.24. The molecular weight excluding hydrogens is 346 g/mol. The number of sulfonamides is 1.